The molecule has 1 N–H and O–H groups in total. The van der Waals surface area contributed by atoms with Gasteiger partial charge in [-0.15, -0.1) is 0 Å². The van der Waals surface area contributed by atoms with Crippen LogP contribution in [0.25, 0.3) is 0 Å². The zero-order chi connectivity index (χ0) is 14.4. The molecular weight excluding hydrogens is 246 g/mol. The van der Waals surface area contributed by atoms with Gasteiger partial charge in [-0.3, -0.25) is 0 Å². The van der Waals surface area contributed by atoms with Gasteiger partial charge in [0, 0.05) is 12.1 Å². The predicted molar refractivity (Wildman–Crippen MR) is 84.0 cm³/mol. The lowest BCUT2D eigenvalue weighted by Gasteiger charge is -2.23. The maximum atomic E-state index is 5.20. The molecule has 2 atom stereocenters. The van der Waals surface area contributed by atoms with E-state index in [1.807, 2.05) is 12.1 Å². The van der Waals surface area contributed by atoms with Crippen LogP contribution in [0.1, 0.15) is 43.5 Å². The first-order valence-electron chi connectivity index (χ1n) is 7.19. The summed E-state index contributed by atoms with van der Waals surface area (Å²) in [5.41, 5.74) is 2.62. The summed E-state index contributed by atoms with van der Waals surface area (Å²) in [4.78, 5) is 0. The van der Waals surface area contributed by atoms with Crippen LogP contribution in [0.3, 0.4) is 0 Å². The fraction of sp³-hybridized carbons (Fsp3) is 0.333. The Morgan fingerprint density at radius 1 is 0.950 bits per heavy atom. The minimum atomic E-state index is 0.311. The zero-order valence-corrected chi connectivity index (χ0v) is 12.5. The van der Waals surface area contributed by atoms with E-state index in [-0.39, 0.29) is 0 Å². The van der Waals surface area contributed by atoms with E-state index in [1.54, 1.807) is 7.11 Å². The normalized spacial score (nSPS) is 13.8. The number of methoxy groups -OCH3 is 1. The van der Waals surface area contributed by atoms with Gasteiger partial charge < -0.3 is 10.1 Å². The number of ether oxygens (including phenoxy) is 1. The molecule has 106 valence electrons. The van der Waals surface area contributed by atoms with E-state index in [9.17, 15) is 0 Å². The Kier molecular flexibility index (Phi) is 5.19. The number of hydrogen-bond acceptors (Lipinski definition) is 2. The number of hydrogen-bond donors (Lipinski definition) is 1. The molecule has 0 aliphatic heterocycles. The molecule has 2 aromatic rings. The van der Waals surface area contributed by atoms with Gasteiger partial charge in [0.25, 0.3) is 0 Å². The highest BCUT2D eigenvalue weighted by molar-refractivity contribution is 5.29. The molecular formula is C18H23NO. The van der Waals surface area contributed by atoms with Gasteiger partial charge in [0.2, 0.25) is 0 Å². The van der Waals surface area contributed by atoms with Crippen LogP contribution in [0.2, 0.25) is 0 Å². The molecule has 2 rings (SSSR count). The third kappa shape index (κ3) is 3.61. The van der Waals surface area contributed by atoms with Crippen LogP contribution < -0.4 is 10.1 Å². The Bertz CT molecular complexity index is 507. The first-order chi connectivity index (χ1) is 9.74. The smallest absolute Gasteiger partial charge is 0.118 e. The van der Waals surface area contributed by atoms with E-state index in [2.05, 4.69) is 61.6 Å². The van der Waals surface area contributed by atoms with Crippen molar-refractivity contribution in [3.63, 3.8) is 0 Å². The van der Waals surface area contributed by atoms with Crippen LogP contribution in [0, 0.1) is 0 Å². The maximum Gasteiger partial charge on any atom is 0.118 e. The summed E-state index contributed by atoms with van der Waals surface area (Å²) >= 11 is 0. The first kappa shape index (κ1) is 14.6. The van der Waals surface area contributed by atoms with Crippen LogP contribution in [0.4, 0.5) is 0 Å². The van der Waals surface area contributed by atoms with Gasteiger partial charge in [0.1, 0.15) is 5.75 Å². The van der Waals surface area contributed by atoms with Crippen LogP contribution >= 0.6 is 0 Å². The lowest BCUT2D eigenvalue weighted by atomic mass is 10.0. The highest BCUT2D eigenvalue weighted by Crippen LogP contribution is 2.23. The fourth-order valence-electron chi connectivity index (χ4n) is 2.43. The molecule has 1 unspecified atom stereocenters. The summed E-state index contributed by atoms with van der Waals surface area (Å²) < 4.78 is 5.20. The topological polar surface area (TPSA) is 21.3 Å². The third-order valence-electron chi connectivity index (χ3n) is 3.68. The molecule has 2 aromatic carbocycles. The lowest BCUT2D eigenvalue weighted by Crippen LogP contribution is -2.24. The molecule has 0 bridgehead atoms. The van der Waals surface area contributed by atoms with Gasteiger partial charge in [-0.25, -0.2) is 0 Å². The van der Waals surface area contributed by atoms with E-state index in [0.29, 0.717) is 12.1 Å². The Morgan fingerprint density at radius 2 is 1.60 bits per heavy atom. The molecule has 20 heavy (non-hydrogen) atoms. The second kappa shape index (κ2) is 7.11. The van der Waals surface area contributed by atoms with E-state index in [4.69, 9.17) is 4.74 Å². The molecule has 0 amide bonds. The van der Waals surface area contributed by atoms with Crippen molar-refractivity contribution in [1.29, 1.82) is 0 Å². The summed E-state index contributed by atoms with van der Waals surface area (Å²) in [6.07, 6.45) is 1.07. The third-order valence-corrected chi connectivity index (χ3v) is 3.68. The van der Waals surface area contributed by atoms with Crippen molar-refractivity contribution < 1.29 is 4.74 Å². The second-order valence-corrected chi connectivity index (χ2v) is 5.03. The van der Waals surface area contributed by atoms with E-state index < -0.39 is 0 Å². The predicted octanol–water partition coefficient (Wildman–Crippen LogP) is 4.50. The molecule has 0 aromatic heterocycles. The van der Waals surface area contributed by atoms with Crippen molar-refractivity contribution in [3.05, 3.63) is 65.7 Å². The van der Waals surface area contributed by atoms with E-state index in [1.165, 1.54) is 11.1 Å². The van der Waals surface area contributed by atoms with Crippen LogP contribution in [-0.2, 0) is 0 Å². The van der Waals surface area contributed by atoms with Crippen molar-refractivity contribution in [3.8, 4) is 5.75 Å². The molecule has 0 saturated carbocycles. The molecule has 0 aliphatic rings. The van der Waals surface area contributed by atoms with Gasteiger partial charge in [-0.2, -0.15) is 0 Å². The summed E-state index contributed by atoms with van der Waals surface area (Å²) in [5, 5.41) is 3.70. The van der Waals surface area contributed by atoms with Crippen LogP contribution in [0.15, 0.2) is 54.6 Å². The molecule has 0 spiro atoms. The second-order valence-electron chi connectivity index (χ2n) is 5.03. The van der Waals surface area contributed by atoms with Crippen molar-refractivity contribution >= 4 is 0 Å². The minimum Gasteiger partial charge on any atom is -0.497 e. The van der Waals surface area contributed by atoms with Gasteiger partial charge in [-0.05, 0) is 36.6 Å². The zero-order valence-electron chi connectivity index (χ0n) is 12.5. The van der Waals surface area contributed by atoms with E-state index in [0.717, 1.165) is 12.2 Å². The lowest BCUT2D eigenvalue weighted by molar-refractivity contribution is 0.413. The highest BCUT2D eigenvalue weighted by Gasteiger charge is 2.13. The van der Waals surface area contributed by atoms with E-state index >= 15 is 0 Å². The van der Waals surface area contributed by atoms with Crippen molar-refractivity contribution in [2.45, 2.75) is 32.4 Å². The number of benzene rings is 2. The Balaban J connectivity index is 2.06. The fourth-order valence-corrected chi connectivity index (χ4v) is 2.43. The molecule has 0 aliphatic carbocycles. The largest absolute Gasteiger partial charge is 0.497 e. The van der Waals surface area contributed by atoms with Gasteiger partial charge in [0.05, 0.1) is 7.11 Å². The summed E-state index contributed by atoms with van der Waals surface area (Å²) in [6.45, 7) is 4.42. The highest BCUT2D eigenvalue weighted by atomic mass is 16.5. The quantitative estimate of drug-likeness (QED) is 0.834. The Hall–Kier alpha value is -1.80. The maximum absolute atomic E-state index is 5.20. The SMILES string of the molecule is CCC(N[C@@H](C)c1ccc(OC)cc1)c1ccccc1. The average Bonchev–Trinajstić information content (AvgIpc) is 2.53. The summed E-state index contributed by atoms with van der Waals surface area (Å²) in [7, 11) is 1.69. The summed E-state index contributed by atoms with van der Waals surface area (Å²) in [5.74, 6) is 0.899. The van der Waals surface area contributed by atoms with Crippen molar-refractivity contribution in [1.82, 2.24) is 5.32 Å². The number of rotatable bonds is 6. The van der Waals surface area contributed by atoms with Gasteiger partial charge in [0.15, 0.2) is 0 Å². The van der Waals surface area contributed by atoms with Crippen LogP contribution in [-0.4, -0.2) is 7.11 Å². The molecule has 0 saturated heterocycles. The van der Waals surface area contributed by atoms with Crippen molar-refractivity contribution in [2.75, 3.05) is 7.11 Å². The van der Waals surface area contributed by atoms with Crippen LogP contribution in [0.5, 0.6) is 5.75 Å². The Labute approximate surface area is 121 Å². The number of nitrogens with one attached hydrogen (secondary N) is 1. The first-order valence-corrected chi connectivity index (χ1v) is 7.19. The molecule has 0 heterocycles. The van der Waals surface area contributed by atoms with Gasteiger partial charge in [-0.1, -0.05) is 49.4 Å². The monoisotopic (exact) mass is 269 g/mol. The summed E-state index contributed by atoms with van der Waals surface area (Å²) in [6, 6.07) is 19.6. The molecule has 2 nitrogen and oxygen atoms in total. The minimum absolute atomic E-state index is 0.311. The molecule has 2 heteroatoms. The Morgan fingerprint density at radius 3 is 2.15 bits per heavy atom. The standard InChI is InChI=1S/C18H23NO/c1-4-18(16-8-6-5-7-9-16)19-14(2)15-10-12-17(20-3)13-11-15/h5-14,18-19H,4H2,1-3H3/t14-,18?/m0/s1. The van der Waals surface area contributed by atoms with Crippen molar-refractivity contribution in [2.24, 2.45) is 0 Å². The average molecular weight is 269 g/mol. The van der Waals surface area contributed by atoms with Gasteiger partial charge >= 0.3 is 0 Å². The molecule has 0 radical (unpaired) electrons. The molecule has 0 fully saturated rings.